The molecule has 0 unspecified atom stereocenters. The number of non-ortho nitro benzene ring substituents is 1. The van der Waals surface area contributed by atoms with Gasteiger partial charge in [0.25, 0.3) is 5.69 Å². The normalized spacial score (nSPS) is 8.29. The maximum atomic E-state index is 10.1. The lowest BCUT2D eigenvalue weighted by atomic mass is 10.3. The second kappa shape index (κ2) is 5.36. The first-order valence-corrected chi connectivity index (χ1v) is 3.42. The van der Waals surface area contributed by atoms with Crippen LogP contribution in [0.3, 0.4) is 0 Å². The van der Waals surface area contributed by atoms with E-state index in [2.05, 4.69) is 5.73 Å². The standard InChI is InChI=1S/C6H6N2O2.CH3NO2/c7-5-1-3-6(4-2-5)8(9)10;2-1(3)4/h1-4H,7H2;2H2,(H,3,4). The number of nitrogen functional groups attached to an aromatic ring is 1. The lowest BCUT2D eigenvalue weighted by molar-refractivity contribution is -0.384. The fraction of sp³-hybridized carbons (Fsp3) is 0. The van der Waals surface area contributed by atoms with Gasteiger partial charge in [-0.3, -0.25) is 10.1 Å². The molecule has 1 rings (SSSR count). The first kappa shape index (κ1) is 11.7. The van der Waals surface area contributed by atoms with Gasteiger partial charge < -0.3 is 16.6 Å². The lowest BCUT2D eigenvalue weighted by Crippen LogP contribution is -2.03. The fourth-order valence-electron chi connectivity index (χ4n) is 0.596. The summed E-state index contributed by atoms with van der Waals surface area (Å²) in [5, 5.41) is 17.3. The summed E-state index contributed by atoms with van der Waals surface area (Å²) in [6.45, 7) is 0. The van der Waals surface area contributed by atoms with Crippen molar-refractivity contribution in [3.05, 3.63) is 34.4 Å². The van der Waals surface area contributed by atoms with Crippen molar-refractivity contribution in [3.8, 4) is 0 Å². The molecule has 1 aromatic rings. The van der Waals surface area contributed by atoms with Crippen LogP contribution in [0, 0.1) is 10.1 Å². The zero-order valence-corrected chi connectivity index (χ0v) is 7.08. The molecule has 7 nitrogen and oxygen atoms in total. The van der Waals surface area contributed by atoms with Gasteiger partial charge in [-0.15, -0.1) is 0 Å². The van der Waals surface area contributed by atoms with Crippen molar-refractivity contribution < 1.29 is 14.8 Å². The average Bonchev–Trinajstić information content (AvgIpc) is 2.03. The third-order valence-electron chi connectivity index (χ3n) is 1.10. The molecule has 7 heteroatoms. The Morgan fingerprint density at radius 1 is 1.36 bits per heavy atom. The van der Waals surface area contributed by atoms with Gasteiger partial charge in [0.15, 0.2) is 0 Å². The average molecular weight is 199 g/mol. The first-order chi connectivity index (χ1) is 6.43. The third-order valence-corrected chi connectivity index (χ3v) is 1.10. The number of rotatable bonds is 1. The number of anilines is 1. The number of hydrogen-bond donors (Lipinski definition) is 3. The molecule has 0 fully saturated rings. The molecule has 0 bridgehead atoms. The van der Waals surface area contributed by atoms with E-state index in [0.29, 0.717) is 5.69 Å². The van der Waals surface area contributed by atoms with E-state index in [1.165, 1.54) is 24.3 Å². The molecule has 1 amide bonds. The number of nitro groups is 1. The number of carboxylic acid groups (broad SMARTS) is 1. The number of carbonyl (C=O) groups is 1. The monoisotopic (exact) mass is 199 g/mol. The van der Waals surface area contributed by atoms with Crippen molar-refractivity contribution in [2.24, 2.45) is 5.73 Å². The van der Waals surface area contributed by atoms with Gasteiger partial charge in [0.2, 0.25) is 0 Å². The van der Waals surface area contributed by atoms with E-state index in [1.54, 1.807) is 0 Å². The van der Waals surface area contributed by atoms with Crippen molar-refractivity contribution in [2.45, 2.75) is 0 Å². The molecule has 14 heavy (non-hydrogen) atoms. The van der Waals surface area contributed by atoms with Crippen LogP contribution in [0.4, 0.5) is 16.2 Å². The van der Waals surface area contributed by atoms with Crippen molar-refractivity contribution in [2.75, 3.05) is 5.73 Å². The lowest BCUT2D eigenvalue weighted by Gasteiger charge is -1.90. The summed E-state index contributed by atoms with van der Waals surface area (Å²) < 4.78 is 0. The summed E-state index contributed by atoms with van der Waals surface area (Å²) in [7, 11) is 0. The van der Waals surface area contributed by atoms with E-state index in [1.807, 2.05) is 0 Å². The highest BCUT2D eigenvalue weighted by atomic mass is 16.6. The quantitative estimate of drug-likeness (QED) is 0.349. The minimum absolute atomic E-state index is 0.0641. The molecule has 0 saturated heterocycles. The zero-order chi connectivity index (χ0) is 11.1. The van der Waals surface area contributed by atoms with E-state index < -0.39 is 11.0 Å². The maximum absolute atomic E-state index is 10.1. The Kier molecular flexibility index (Phi) is 4.47. The third kappa shape index (κ3) is 5.35. The largest absolute Gasteiger partial charge is 0.465 e. The Balaban J connectivity index is 0.000000364. The number of hydrogen-bond acceptors (Lipinski definition) is 4. The molecule has 0 aliphatic heterocycles. The van der Waals surface area contributed by atoms with Crippen molar-refractivity contribution in [1.82, 2.24) is 0 Å². The summed E-state index contributed by atoms with van der Waals surface area (Å²) in [5.41, 5.74) is 9.93. The zero-order valence-electron chi connectivity index (χ0n) is 7.08. The fourth-order valence-corrected chi connectivity index (χ4v) is 0.596. The molecule has 76 valence electrons. The van der Waals surface area contributed by atoms with Crippen molar-refractivity contribution >= 4 is 17.5 Å². The first-order valence-electron chi connectivity index (χ1n) is 3.42. The van der Waals surface area contributed by atoms with E-state index in [-0.39, 0.29) is 5.69 Å². The van der Waals surface area contributed by atoms with Crippen LogP contribution >= 0.6 is 0 Å². The van der Waals surface area contributed by atoms with E-state index in [4.69, 9.17) is 15.6 Å². The Morgan fingerprint density at radius 3 is 2.00 bits per heavy atom. The van der Waals surface area contributed by atoms with Gasteiger partial charge in [-0.1, -0.05) is 0 Å². The van der Waals surface area contributed by atoms with Gasteiger partial charge in [-0.05, 0) is 12.1 Å². The number of nitrogens with zero attached hydrogens (tertiary/aromatic N) is 1. The summed E-state index contributed by atoms with van der Waals surface area (Å²) in [6, 6.07) is 5.74. The molecule has 0 saturated carbocycles. The molecule has 5 N–H and O–H groups in total. The topological polar surface area (TPSA) is 132 Å². The summed E-state index contributed by atoms with van der Waals surface area (Å²) in [5.74, 6) is 0. The molecule has 0 aromatic heterocycles. The number of amides is 1. The van der Waals surface area contributed by atoms with Crippen LogP contribution in [0.1, 0.15) is 0 Å². The minimum atomic E-state index is -1.33. The molecule has 0 aliphatic carbocycles. The molecular formula is C7H9N3O4. The Bertz CT molecular complexity index is 318. The van der Waals surface area contributed by atoms with Gasteiger partial charge >= 0.3 is 6.09 Å². The SMILES string of the molecule is NC(=O)O.Nc1ccc([N+](=O)[O-])cc1. The van der Waals surface area contributed by atoms with Crippen LogP contribution in [-0.2, 0) is 0 Å². The van der Waals surface area contributed by atoms with E-state index in [0.717, 1.165) is 0 Å². The van der Waals surface area contributed by atoms with Gasteiger partial charge in [-0.2, -0.15) is 0 Å². The number of primary amides is 1. The number of nitrogens with two attached hydrogens (primary N) is 2. The predicted molar refractivity (Wildman–Crippen MR) is 49.7 cm³/mol. The molecule has 0 atom stereocenters. The molecule has 1 aromatic carbocycles. The molecule has 0 radical (unpaired) electrons. The highest BCUT2D eigenvalue weighted by Gasteiger charge is 2.00. The van der Waals surface area contributed by atoms with Crippen molar-refractivity contribution in [1.29, 1.82) is 0 Å². The van der Waals surface area contributed by atoms with E-state index in [9.17, 15) is 10.1 Å². The predicted octanol–water partition coefficient (Wildman–Crippen LogP) is 0.800. The number of nitro benzene ring substituents is 1. The van der Waals surface area contributed by atoms with Gasteiger partial charge in [0.1, 0.15) is 0 Å². The second-order valence-corrected chi connectivity index (χ2v) is 2.19. The maximum Gasteiger partial charge on any atom is 0.402 e. The van der Waals surface area contributed by atoms with Crippen LogP contribution in [0.5, 0.6) is 0 Å². The smallest absolute Gasteiger partial charge is 0.402 e. The van der Waals surface area contributed by atoms with Gasteiger partial charge in [-0.25, -0.2) is 4.79 Å². The van der Waals surface area contributed by atoms with E-state index >= 15 is 0 Å². The molecule has 0 spiro atoms. The summed E-state index contributed by atoms with van der Waals surface area (Å²) in [6.07, 6.45) is -1.33. The Morgan fingerprint density at radius 2 is 1.71 bits per heavy atom. The minimum Gasteiger partial charge on any atom is -0.465 e. The Hall–Kier alpha value is -2.31. The van der Waals surface area contributed by atoms with Gasteiger partial charge in [0.05, 0.1) is 4.92 Å². The highest BCUT2D eigenvalue weighted by molar-refractivity contribution is 5.61. The summed E-state index contributed by atoms with van der Waals surface area (Å²) >= 11 is 0. The van der Waals surface area contributed by atoms with Gasteiger partial charge in [0, 0.05) is 17.8 Å². The van der Waals surface area contributed by atoms with Crippen LogP contribution in [-0.4, -0.2) is 16.1 Å². The van der Waals surface area contributed by atoms with Crippen molar-refractivity contribution in [3.63, 3.8) is 0 Å². The molecular weight excluding hydrogens is 190 g/mol. The number of benzene rings is 1. The highest BCUT2D eigenvalue weighted by Crippen LogP contribution is 2.11. The molecule has 0 aliphatic rings. The van der Waals surface area contributed by atoms with Crippen LogP contribution in [0.2, 0.25) is 0 Å². The van der Waals surface area contributed by atoms with Crippen LogP contribution in [0.15, 0.2) is 24.3 Å². The summed E-state index contributed by atoms with van der Waals surface area (Å²) in [4.78, 5) is 18.4. The van der Waals surface area contributed by atoms with Crippen LogP contribution < -0.4 is 11.5 Å². The molecule has 0 heterocycles. The second-order valence-electron chi connectivity index (χ2n) is 2.19. The van der Waals surface area contributed by atoms with Crippen LogP contribution in [0.25, 0.3) is 0 Å². The Labute approximate surface area is 79.1 Å².